The predicted octanol–water partition coefficient (Wildman–Crippen LogP) is 5.30. The highest BCUT2D eigenvalue weighted by molar-refractivity contribution is 5.87. The molecule has 180 valence electrons. The second-order valence-electron chi connectivity index (χ2n) is 9.94. The number of nitrogens with zero attached hydrogens (tertiary/aromatic N) is 6. The summed E-state index contributed by atoms with van der Waals surface area (Å²) in [5, 5.41) is 4.09. The van der Waals surface area contributed by atoms with Gasteiger partial charge in [0.25, 0.3) is 0 Å². The molecule has 0 unspecified atom stereocenters. The molecule has 1 aromatic carbocycles. The first-order valence-electron chi connectivity index (χ1n) is 12.9. The number of ether oxygens (including phenoxy) is 1. The van der Waals surface area contributed by atoms with Gasteiger partial charge in [-0.3, -0.25) is 4.68 Å². The van der Waals surface area contributed by atoms with Gasteiger partial charge in [-0.05, 0) is 82.1 Å². The zero-order valence-corrected chi connectivity index (χ0v) is 20.6. The van der Waals surface area contributed by atoms with Gasteiger partial charge in [0.05, 0.1) is 17.4 Å². The molecule has 2 fully saturated rings. The molecule has 0 amide bonds. The fraction of sp³-hybridized carbons (Fsp3) is 0.464. The number of hydrogen-bond acceptors (Lipinski definition) is 6. The molecule has 1 saturated heterocycles. The fourth-order valence-corrected chi connectivity index (χ4v) is 5.02. The molecule has 7 nitrogen and oxygen atoms in total. The lowest BCUT2D eigenvalue weighted by Gasteiger charge is -2.21. The van der Waals surface area contributed by atoms with E-state index in [9.17, 15) is 0 Å². The second-order valence-corrected chi connectivity index (χ2v) is 9.94. The SMILES string of the molecule is Cc1nc2nc(C3CCOCC3)nc(-c3ccc4c(c3)CCC4)c2nc1C.c1cnn(C2CC2)c1. The van der Waals surface area contributed by atoms with Crippen molar-refractivity contribution >= 4 is 11.2 Å². The zero-order valence-electron chi connectivity index (χ0n) is 20.6. The number of rotatable bonds is 3. The molecule has 2 aliphatic carbocycles. The van der Waals surface area contributed by atoms with Gasteiger partial charge in [-0.15, -0.1) is 0 Å². The van der Waals surface area contributed by atoms with Crippen LogP contribution in [0.5, 0.6) is 0 Å². The molecule has 1 aliphatic heterocycles. The first-order chi connectivity index (χ1) is 17.2. The quantitative estimate of drug-likeness (QED) is 0.406. The Labute approximate surface area is 206 Å². The van der Waals surface area contributed by atoms with Gasteiger partial charge in [-0.2, -0.15) is 5.10 Å². The van der Waals surface area contributed by atoms with Crippen molar-refractivity contribution in [3.05, 3.63) is 65.0 Å². The average molecular weight is 469 g/mol. The van der Waals surface area contributed by atoms with Crippen molar-refractivity contribution in [2.45, 2.75) is 70.8 Å². The summed E-state index contributed by atoms with van der Waals surface area (Å²) < 4.78 is 7.55. The van der Waals surface area contributed by atoms with Gasteiger partial charge < -0.3 is 4.74 Å². The van der Waals surface area contributed by atoms with Gasteiger partial charge in [0, 0.05) is 37.1 Å². The van der Waals surface area contributed by atoms with Crippen molar-refractivity contribution in [1.29, 1.82) is 0 Å². The normalized spacial score (nSPS) is 17.8. The van der Waals surface area contributed by atoms with E-state index in [0.29, 0.717) is 11.6 Å². The Morgan fingerprint density at radius 2 is 1.69 bits per heavy atom. The molecule has 0 bridgehead atoms. The molecular weight excluding hydrogens is 436 g/mol. The van der Waals surface area contributed by atoms with E-state index in [-0.39, 0.29) is 0 Å². The van der Waals surface area contributed by atoms with Crippen molar-refractivity contribution in [3.8, 4) is 11.3 Å². The third-order valence-corrected chi connectivity index (χ3v) is 7.36. The molecular formula is C28H32N6O. The van der Waals surface area contributed by atoms with Gasteiger partial charge >= 0.3 is 0 Å². The number of aryl methyl sites for hydroxylation is 4. The molecule has 0 atom stereocenters. The molecule has 35 heavy (non-hydrogen) atoms. The van der Waals surface area contributed by atoms with E-state index < -0.39 is 0 Å². The van der Waals surface area contributed by atoms with E-state index in [1.807, 2.05) is 37.0 Å². The summed E-state index contributed by atoms with van der Waals surface area (Å²) in [6.45, 7) is 5.55. The monoisotopic (exact) mass is 468 g/mol. The first-order valence-corrected chi connectivity index (χ1v) is 12.9. The smallest absolute Gasteiger partial charge is 0.182 e. The largest absolute Gasteiger partial charge is 0.381 e. The zero-order chi connectivity index (χ0) is 23.8. The van der Waals surface area contributed by atoms with Crippen LogP contribution in [-0.4, -0.2) is 42.9 Å². The van der Waals surface area contributed by atoms with Crippen LogP contribution in [0.3, 0.4) is 0 Å². The highest BCUT2D eigenvalue weighted by atomic mass is 16.5. The van der Waals surface area contributed by atoms with E-state index in [1.165, 1.54) is 36.8 Å². The van der Waals surface area contributed by atoms with E-state index in [2.05, 4.69) is 23.3 Å². The highest BCUT2D eigenvalue weighted by Gasteiger charge is 2.24. The molecule has 0 radical (unpaired) electrons. The number of fused-ring (bicyclic) bond motifs is 2. The van der Waals surface area contributed by atoms with Crippen LogP contribution in [0.25, 0.3) is 22.4 Å². The summed E-state index contributed by atoms with van der Waals surface area (Å²) in [6, 6.07) is 9.46. The van der Waals surface area contributed by atoms with Crippen molar-refractivity contribution in [2.75, 3.05) is 13.2 Å². The highest BCUT2D eigenvalue weighted by Crippen LogP contribution is 2.34. The molecule has 4 aromatic rings. The number of hydrogen-bond donors (Lipinski definition) is 0. The Bertz CT molecular complexity index is 1340. The number of benzene rings is 1. The van der Waals surface area contributed by atoms with Gasteiger partial charge in [-0.1, -0.05) is 12.1 Å². The molecule has 4 heterocycles. The summed E-state index contributed by atoms with van der Waals surface area (Å²) in [7, 11) is 0. The Morgan fingerprint density at radius 1 is 0.886 bits per heavy atom. The minimum absolute atomic E-state index is 0.333. The van der Waals surface area contributed by atoms with Crippen LogP contribution in [0.4, 0.5) is 0 Å². The van der Waals surface area contributed by atoms with E-state index in [0.717, 1.165) is 72.5 Å². The fourth-order valence-electron chi connectivity index (χ4n) is 5.02. The van der Waals surface area contributed by atoms with Crippen LogP contribution < -0.4 is 0 Å². The minimum atomic E-state index is 0.333. The third-order valence-electron chi connectivity index (χ3n) is 7.36. The van der Waals surface area contributed by atoms with Crippen LogP contribution in [0.2, 0.25) is 0 Å². The molecule has 0 spiro atoms. The van der Waals surface area contributed by atoms with Crippen LogP contribution in [0, 0.1) is 13.8 Å². The van der Waals surface area contributed by atoms with Crippen molar-refractivity contribution in [1.82, 2.24) is 29.7 Å². The van der Waals surface area contributed by atoms with E-state index in [4.69, 9.17) is 24.7 Å². The predicted molar refractivity (Wildman–Crippen MR) is 135 cm³/mol. The molecule has 3 aliphatic rings. The molecule has 0 N–H and O–H groups in total. The Morgan fingerprint density at radius 3 is 2.46 bits per heavy atom. The molecule has 7 rings (SSSR count). The maximum Gasteiger partial charge on any atom is 0.182 e. The summed E-state index contributed by atoms with van der Waals surface area (Å²) in [4.78, 5) is 19.4. The standard InChI is InChI=1S/C22H24N4O.C6H8N2/c1-13-14(2)24-22-20(23-13)19(18-7-6-15-4-3-5-17(15)12-18)25-21(26-22)16-8-10-27-11-9-16;1-4-7-8(5-1)6-2-3-6/h6-7,12,16H,3-5,8-11H2,1-2H3;1,4-6H,2-3H2. The van der Waals surface area contributed by atoms with Crippen molar-refractivity contribution < 1.29 is 4.74 Å². The lowest BCUT2D eigenvalue weighted by molar-refractivity contribution is 0.0836. The van der Waals surface area contributed by atoms with E-state index in [1.54, 1.807) is 0 Å². The lowest BCUT2D eigenvalue weighted by Crippen LogP contribution is -2.17. The van der Waals surface area contributed by atoms with Crippen LogP contribution in [0.15, 0.2) is 36.7 Å². The summed E-state index contributed by atoms with van der Waals surface area (Å²) in [6.07, 6.45) is 12.0. The van der Waals surface area contributed by atoms with Crippen LogP contribution in [0.1, 0.15) is 72.4 Å². The van der Waals surface area contributed by atoms with Gasteiger partial charge in [0.2, 0.25) is 0 Å². The van der Waals surface area contributed by atoms with E-state index >= 15 is 0 Å². The summed E-state index contributed by atoms with van der Waals surface area (Å²) in [5.74, 6) is 1.22. The topological polar surface area (TPSA) is 78.6 Å². The lowest BCUT2D eigenvalue weighted by atomic mass is 9.98. The maximum atomic E-state index is 5.53. The van der Waals surface area contributed by atoms with Gasteiger partial charge in [0.1, 0.15) is 17.0 Å². The maximum absolute atomic E-state index is 5.53. The Hall–Kier alpha value is -3.19. The van der Waals surface area contributed by atoms with Gasteiger partial charge in [-0.25, -0.2) is 19.9 Å². The van der Waals surface area contributed by atoms with Gasteiger partial charge in [0.15, 0.2) is 5.65 Å². The summed E-state index contributed by atoms with van der Waals surface area (Å²) in [5.41, 5.74) is 8.37. The first kappa shape index (κ1) is 22.3. The number of aromatic nitrogens is 6. The van der Waals surface area contributed by atoms with Crippen molar-refractivity contribution in [2.24, 2.45) is 0 Å². The van der Waals surface area contributed by atoms with Crippen LogP contribution in [-0.2, 0) is 17.6 Å². The van der Waals surface area contributed by atoms with Crippen LogP contribution >= 0.6 is 0 Å². The average Bonchev–Trinajstić information content (AvgIpc) is 3.38. The summed E-state index contributed by atoms with van der Waals surface area (Å²) >= 11 is 0. The Balaban J connectivity index is 0.000000240. The molecule has 1 saturated carbocycles. The molecule has 3 aromatic heterocycles. The Kier molecular flexibility index (Phi) is 6.02. The molecule has 7 heteroatoms. The third kappa shape index (κ3) is 4.69. The van der Waals surface area contributed by atoms with Crippen molar-refractivity contribution in [3.63, 3.8) is 0 Å². The second kappa shape index (κ2) is 9.46. The minimum Gasteiger partial charge on any atom is -0.381 e.